The second kappa shape index (κ2) is 9.50. The van der Waals surface area contributed by atoms with Gasteiger partial charge in [-0.3, -0.25) is 10.1 Å². The Morgan fingerprint density at radius 2 is 1.76 bits per heavy atom. The summed E-state index contributed by atoms with van der Waals surface area (Å²) in [4.78, 5) is 36.5. The van der Waals surface area contributed by atoms with E-state index in [0.717, 1.165) is 0 Å². The molecule has 1 aliphatic rings. The Labute approximate surface area is 167 Å². The third-order valence-corrected chi connectivity index (χ3v) is 4.37. The van der Waals surface area contributed by atoms with Crippen molar-refractivity contribution in [3.8, 4) is 6.07 Å². The van der Waals surface area contributed by atoms with Gasteiger partial charge in [-0.25, -0.2) is 9.59 Å². The van der Waals surface area contributed by atoms with Gasteiger partial charge in [0, 0.05) is 23.0 Å². The van der Waals surface area contributed by atoms with Gasteiger partial charge >= 0.3 is 11.9 Å². The van der Waals surface area contributed by atoms with Crippen molar-refractivity contribution in [2.24, 2.45) is 0 Å². The standard InChI is InChI=1S/C20H21N3O6/c1-4-28-19(24)16-12(2)22-13(3)17(20(25)29-11-7-10-21)18(16)14-8-5-6-9-15(14)23(26)27/h5-6,8-9,18,22H,4,7,11H2,1-3H3. The normalized spacial score (nSPS) is 16.0. The molecular weight excluding hydrogens is 378 g/mol. The van der Waals surface area contributed by atoms with Gasteiger partial charge in [0.05, 0.1) is 41.1 Å². The van der Waals surface area contributed by atoms with Gasteiger partial charge in [-0.05, 0) is 20.8 Å². The highest BCUT2D eigenvalue weighted by Gasteiger charge is 2.40. The Balaban J connectivity index is 2.67. The van der Waals surface area contributed by atoms with Crippen molar-refractivity contribution in [1.29, 1.82) is 5.26 Å². The van der Waals surface area contributed by atoms with E-state index in [0.29, 0.717) is 11.4 Å². The first-order valence-electron chi connectivity index (χ1n) is 8.96. The molecular formula is C20H21N3O6. The number of nitriles is 1. The van der Waals surface area contributed by atoms with Gasteiger partial charge < -0.3 is 14.8 Å². The molecule has 0 amide bonds. The zero-order valence-corrected chi connectivity index (χ0v) is 16.4. The maximum Gasteiger partial charge on any atom is 0.336 e. The summed E-state index contributed by atoms with van der Waals surface area (Å²) in [6.07, 6.45) is 0.00124. The predicted molar refractivity (Wildman–Crippen MR) is 102 cm³/mol. The lowest BCUT2D eigenvalue weighted by atomic mass is 9.79. The lowest BCUT2D eigenvalue weighted by molar-refractivity contribution is -0.385. The molecule has 0 spiro atoms. The molecule has 0 aliphatic carbocycles. The molecule has 0 bridgehead atoms. The monoisotopic (exact) mass is 399 g/mol. The summed E-state index contributed by atoms with van der Waals surface area (Å²) in [5, 5.41) is 23.2. The molecule has 29 heavy (non-hydrogen) atoms. The summed E-state index contributed by atoms with van der Waals surface area (Å²) in [5.74, 6) is -2.50. The molecule has 0 fully saturated rings. The average molecular weight is 399 g/mol. The van der Waals surface area contributed by atoms with Gasteiger partial charge in [0.25, 0.3) is 5.69 Å². The number of dihydropyridines is 1. The summed E-state index contributed by atoms with van der Waals surface area (Å²) in [5.41, 5.74) is 0.931. The van der Waals surface area contributed by atoms with E-state index in [-0.39, 0.29) is 42.0 Å². The molecule has 1 heterocycles. The summed E-state index contributed by atoms with van der Waals surface area (Å²) < 4.78 is 10.3. The van der Waals surface area contributed by atoms with Crippen LogP contribution < -0.4 is 5.32 Å². The third-order valence-electron chi connectivity index (χ3n) is 4.37. The van der Waals surface area contributed by atoms with Crippen molar-refractivity contribution in [3.05, 3.63) is 62.5 Å². The molecule has 1 N–H and O–H groups in total. The summed E-state index contributed by atoms with van der Waals surface area (Å²) in [6.45, 7) is 4.86. The molecule has 0 saturated heterocycles. The van der Waals surface area contributed by atoms with Crippen molar-refractivity contribution in [1.82, 2.24) is 5.32 Å². The van der Waals surface area contributed by atoms with Gasteiger partial charge in [0.2, 0.25) is 0 Å². The van der Waals surface area contributed by atoms with E-state index in [1.54, 1.807) is 26.8 Å². The maximum atomic E-state index is 12.8. The number of esters is 2. The molecule has 152 valence electrons. The Bertz CT molecular complexity index is 942. The third kappa shape index (κ3) is 4.60. The molecule has 0 saturated carbocycles. The number of carbonyl (C=O) groups is 2. The van der Waals surface area contributed by atoms with Crippen LogP contribution in [0.25, 0.3) is 0 Å². The molecule has 0 aromatic heterocycles. The Hall–Kier alpha value is -3.67. The van der Waals surface area contributed by atoms with E-state index in [9.17, 15) is 19.7 Å². The van der Waals surface area contributed by atoms with Gasteiger partial charge in [-0.15, -0.1) is 0 Å². The van der Waals surface area contributed by atoms with Crippen LogP contribution in [0.15, 0.2) is 46.8 Å². The fourth-order valence-corrected chi connectivity index (χ4v) is 3.22. The fraction of sp³-hybridized carbons (Fsp3) is 0.350. The van der Waals surface area contributed by atoms with Crippen molar-refractivity contribution in [2.75, 3.05) is 13.2 Å². The maximum absolute atomic E-state index is 12.8. The average Bonchev–Trinajstić information content (AvgIpc) is 2.67. The number of benzene rings is 1. The van der Waals surface area contributed by atoms with E-state index in [1.807, 2.05) is 6.07 Å². The van der Waals surface area contributed by atoms with Crippen molar-refractivity contribution in [2.45, 2.75) is 33.1 Å². The highest BCUT2D eigenvalue weighted by Crippen LogP contribution is 2.42. The molecule has 1 atom stereocenters. The number of ether oxygens (including phenoxy) is 2. The SMILES string of the molecule is CCOC(=O)C1=C(C)NC(C)=C(C(=O)OCCC#N)C1c1ccccc1[N+](=O)[O-]. The van der Waals surface area contributed by atoms with Gasteiger partial charge in [-0.2, -0.15) is 5.26 Å². The van der Waals surface area contributed by atoms with Crippen LogP contribution in [0.3, 0.4) is 0 Å². The molecule has 9 heteroatoms. The molecule has 1 unspecified atom stereocenters. The number of nitro benzene ring substituents is 1. The largest absolute Gasteiger partial charge is 0.463 e. The van der Waals surface area contributed by atoms with Crippen molar-refractivity contribution >= 4 is 17.6 Å². The van der Waals surface area contributed by atoms with Gasteiger partial charge in [0.1, 0.15) is 6.61 Å². The van der Waals surface area contributed by atoms with Crippen LogP contribution in [0.2, 0.25) is 0 Å². The summed E-state index contributed by atoms with van der Waals surface area (Å²) in [7, 11) is 0. The van der Waals surface area contributed by atoms with E-state index in [1.165, 1.54) is 18.2 Å². The van der Waals surface area contributed by atoms with Crippen LogP contribution in [-0.2, 0) is 19.1 Å². The highest BCUT2D eigenvalue weighted by molar-refractivity contribution is 6.00. The minimum Gasteiger partial charge on any atom is -0.463 e. The molecule has 2 rings (SSSR count). The van der Waals surface area contributed by atoms with Crippen LogP contribution in [0.1, 0.15) is 38.7 Å². The number of para-hydroxylation sites is 1. The Morgan fingerprint density at radius 3 is 2.31 bits per heavy atom. The number of hydrogen-bond donors (Lipinski definition) is 1. The first-order valence-corrected chi connectivity index (χ1v) is 8.96. The van der Waals surface area contributed by atoms with Crippen LogP contribution >= 0.6 is 0 Å². The minimum absolute atomic E-state index is 0.00124. The van der Waals surface area contributed by atoms with E-state index >= 15 is 0 Å². The second-order valence-electron chi connectivity index (χ2n) is 6.22. The lowest BCUT2D eigenvalue weighted by Gasteiger charge is -2.30. The first kappa shape index (κ1) is 21.6. The Morgan fingerprint density at radius 1 is 1.17 bits per heavy atom. The van der Waals surface area contributed by atoms with Gasteiger partial charge in [-0.1, -0.05) is 18.2 Å². The van der Waals surface area contributed by atoms with Crippen molar-refractivity contribution < 1.29 is 24.0 Å². The number of carbonyl (C=O) groups excluding carboxylic acids is 2. The summed E-state index contributed by atoms with van der Waals surface area (Å²) in [6, 6.07) is 7.78. The predicted octanol–water partition coefficient (Wildman–Crippen LogP) is 2.85. The van der Waals surface area contributed by atoms with Crippen LogP contribution in [0.4, 0.5) is 5.69 Å². The lowest BCUT2D eigenvalue weighted by Crippen LogP contribution is -2.33. The number of nitrogens with one attached hydrogen (secondary N) is 1. The van der Waals surface area contributed by atoms with Crippen LogP contribution in [0, 0.1) is 21.4 Å². The number of rotatable bonds is 7. The molecule has 1 aromatic rings. The zero-order valence-electron chi connectivity index (χ0n) is 16.4. The number of hydrogen-bond acceptors (Lipinski definition) is 8. The number of nitro groups is 1. The molecule has 1 aromatic carbocycles. The molecule has 1 aliphatic heterocycles. The molecule has 0 radical (unpaired) electrons. The topological polar surface area (TPSA) is 132 Å². The second-order valence-corrected chi connectivity index (χ2v) is 6.22. The van der Waals surface area contributed by atoms with Crippen molar-refractivity contribution in [3.63, 3.8) is 0 Å². The Kier molecular flexibility index (Phi) is 7.09. The van der Waals surface area contributed by atoms with Crippen LogP contribution in [0.5, 0.6) is 0 Å². The number of allylic oxidation sites excluding steroid dienone is 2. The zero-order chi connectivity index (χ0) is 21.6. The van der Waals surface area contributed by atoms with E-state index < -0.39 is 22.8 Å². The fourth-order valence-electron chi connectivity index (χ4n) is 3.22. The van der Waals surface area contributed by atoms with Crippen LogP contribution in [-0.4, -0.2) is 30.1 Å². The smallest absolute Gasteiger partial charge is 0.336 e. The minimum atomic E-state index is -1.05. The first-order chi connectivity index (χ1) is 13.8. The number of nitrogens with zero attached hydrogens (tertiary/aromatic N) is 2. The van der Waals surface area contributed by atoms with E-state index in [2.05, 4.69) is 5.32 Å². The van der Waals surface area contributed by atoms with E-state index in [4.69, 9.17) is 14.7 Å². The van der Waals surface area contributed by atoms with Gasteiger partial charge in [0.15, 0.2) is 0 Å². The highest BCUT2D eigenvalue weighted by atomic mass is 16.6. The molecule has 9 nitrogen and oxygen atoms in total. The summed E-state index contributed by atoms with van der Waals surface area (Å²) >= 11 is 0. The quantitative estimate of drug-likeness (QED) is 0.320.